The molecular formula is C22H25N3O5S. The standard InChI is InChI=1S/C22H25N3O5S/c1-13(2)18-11-17(22(26)30-4)19-20(14-5-7-16(29-3)8-6-14)24-25(21(19)23-18)15-9-10-31(27,28)12-15/h5-8,11,13,15H,9-10,12H2,1-4H3/t15-/m1/s1. The van der Waals surface area contributed by atoms with Crippen LogP contribution in [0, 0.1) is 0 Å². The minimum absolute atomic E-state index is 0.00692. The molecule has 9 heteroatoms. The average molecular weight is 444 g/mol. The molecule has 1 atom stereocenters. The van der Waals surface area contributed by atoms with Gasteiger partial charge in [0.1, 0.15) is 11.4 Å². The van der Waals surface area contributed by atoms with E-state index in [0.717, 1.165) is 11.3 Å². The van der Waals surface area contributed by atoms with Crippen LogP contribution in [-0.2, 0) is 14.6 Å². The van der Waals surface area contributed by atoms with Gasteiger partial charge in [-0.05, 0) is 42.7 Å². The van der Waals surface area contributed by atoms with Gasteiger partial charge in [-0.25, -0.2) is 22.9 Å². The maximum absolute atomic E-state index is 12.7. The topological polar surface area (TPSA) is 100 Å². The first-order chi connectivity index (χ1) is 14.7. The van der Waals surface area contributed by atoms with Crippen LogP contribution in [0.4, 0.5) is 0 Å². The van der Waals surface area contributed by atoms with Gasteiger partial charge in [0, 0.05) is 11.3 Å². The summed E-state index contributed by atoms with van der Waals surface area (Å²) in [6.07, 6.45) is 0.461. The molecule has 3 heterocycles. The van der Waals surface area contributed by atoms with Crippen molar-refractivity contribution in [3.63, 3.8) is 0 Å². The second-order valence-electron chi connectivity index (χ2n) is 8.02. The summed E-state index contributed by atoms with van der Waals surface area (Å²) in [5, 5.41) is 5.34. The van der Waals surface area contributed by atoms with Crippen molar-refractivity contribution in [2.45, 2.75) is 32.2 Å². The van der Waals surface area contributed by atoms with Crippen LogP contribution < -0.4 is 4.74 Å². The molecule has 0 unspecified atom stereocenters. The third-order valence-electron chi connectivity index (χ3n) is 5.60. The lowest BCUT2D eigenvalue weighted by molar-refractivity contribution is 0.0602. The van der Waals surface area contributed by atoms with Gasteiger partial charge in [0.15, 0.2) is 15.5 Å². The molecule has 0 saturated carbocycles. The number of sulfone groups is 1. The average Bonchev–Trinajstić information content (AvgIpc) is 3.32. The number of aromatic nitrogens is 3. The molecule has 0 spiro atoms. The number of esters is 1. The molecule has 1 aliphatic heterocycles. The predicted molar refractivity (Wildman–Crippen MR) is 117 cm³/mol. The Morgan fingerprint density at radius 3 is 2.45 bits per heavy atom. The Labute approximate surface area is 181 Å². The first-order valence-electron chi connectivity index (χ1n) is 10.1. The summed E-state index contributed by atoms with van der Waals surface area (Å²) in [5.41, 5.74) is 2.92. The zero-order chi connectivity index (χ0) is 22.3. The van der Waals surface area contributed by atoms with E-state index >= 15 is 0 Å². The zero-order valence-corrected chi connectivity index (χ0v) is 18.8. The van der Waals surface area contributed by atoms with Crippen LogP contribution in [0.25, 0.3) is 22.3 Å². The number of carbonyl (C=O) groups is 1. The Morgan fingerprint density at radius 2 is 1.90 bits per heavy atom. The zero-order valence-electron chi connectivity index (χ0n) is 18.0. The molecule has 3 aromatic rings. The predicted octanol–water partition coefficient (Wildman–Crippen LogP) is 3.38. The second-order valence-corrected chi connectivity index (χ2v) is 10.2. The summed E-state index contributed by atoms with van der Waals surface area (Å²) in [6.45, 7) is 3.97. The summed E-state index contributed by atoms with van der Waals surface area (Å²) < 4.78 is 36.3. The molecule has 0 bridgehead atoms. The minimum Gasteiger partial charge on any atom is -0.497 e. The maximum Gasteiger partial charge on any atom is 0.338 e. The Hall–Kier alpha value is -2.94. The van der Waals surface area contributed by atoms with Crippen LogP contribution >= 0.6 is 0 Å². The first kappa shape index (κ1) is 21.3. The molecule has 1 saturated heterocycles. The summed E-state index contributed by atoms with van der Waals surface area (Å²) in [4.78, 5) is 17.5. The second kappa shape index (κ2) is 7.96. The van der Waals surface area contributed by atoms with E-state index in [2.05, 4.69) is 0 Å². The van der Waals surface area contributed by atoms with E-state index in [1.807, 2.05) is 38.1 Å². The van der Waals surface area contributed by atoms with Crippen molar-refractivity contribution >= 4 is 26.8 Å². The molecular weight excluding hydrogens is 418 g/mol. The Bertz CT molecular complexity index is 1250. The van der Waals surface area contributed by atoms with Gasteiger partial charge in [-0.2, -0.15) is 5.10 Å². The lowest BCUT2D eigenvalue weighted by Gasteiger charge is -2.12. The molecule has 0 N–H and O–H groups in total. The Morgan fingerprint density at radius 1 is 1.19 bits per heavy atom. The van der Waals surface area contributed by atoms with Crippen LogP contribution in [0.1, 0.15) is 48.3 Å². The molecule has 4 rings (SSSR count). The maximum atomic E-state index is 12.7. The Kier molecular flexibility index (Phi) is 5.47. The number of benzene rings is 1. The lowest BCUT2D eigenvalue weighted by atomic mass is 10.0. The van der Waals surface area contributed by atoms with Gasteiger partial charge in [0.25, 0.3) is 0 Å². The lowest BCUT2D eigenvalue weighted by Crippen LogP contribution is -2.14. The molecule has 31 heavy (non-hydrogen) atoms. The summed E-state index contributed by atoms with van der Waals surface area (Å²) in [6, 6.07) is 8.74. The number of fused-ring (bicyclic) bond motifs is 1. The number of hydrogen-bond donors (Lipinski definition) is 0. The van der Waals surface area contributed by atoms with Gasteiger partial charge >= 0.3 is 5.97 Å². The van der Waals surface area contributed by atoms with Crippen molar-refractivity contribution in [2.24, 2.45) is 0 Å². The van der Waals surface area contributed by atoms with Gasteiger partial charge < -0.3 is 9.47 Å². The van der Waals surface area contributed by atoms with Crippen LogP contribution in [0.3, 0.4) is 0 Å². The first-order valence-corrected chi connectivity index (χ1v) is 11.9. The smallest absolute Gasteiger partial charge is 0.338 e. The van der Waals surface area contributed by atoms with Gasteiger partial charge in [-0.3, -0.25) is 0 Å². The Balaban J connectivity index is 2.03. The molecule has 0 aliphatic carbocycles. The van der Waals surface area contributed by atoms with Crippen LogP contribution in [0.15, 0.2) is 30.3 Å². The van der Waals surface area contributed by atoms with Crippen molar-refractivity contribution in [3.05, 3.63) is 41.6 Å². The van der Waals surface area contributed by atoms with E-state index in [4.69, 9.17) is 19.6 Å². The van der Waals surface area contributed by atoms with Crippen LogP contribution in [-0.4, -0.2) is 54.9 Å². The fourth-order valence-corrected chi connectivity index (χ4v) is 5.59. The highest BCUT2D eigenvalue weighted by Gasteiger charge is 2.33. The van der Waals surface area contributed by atoms with E-state index < -0.39 is 15.8 Å². The largest absolute Gasteiger partial charge is 0.497 e. The highest BCUT2D eigenvalue weighted by molar-refractivity contribution is 7.91. The van der Waals surface area contributed by atoms with Gasteiger partial charge in [-0.15, -0.1) is 0 Å². The van der Waals surface area contributed by atoms with E-state index in [0.29, 0.717) is 34.5 Å². The van der Waals surface area contributed by atoms with E-state index in [-0.39, 0.29) is 23.5 Å². The monoisotopic (exact) mass is 443 g/mol. The number of rotatable bonds is 5. The molecule has 1 aromatic carbocycles. The number of ether oxygens (including phenoxy) is 2. The van der Waals surface area contributed by atoms with Crippen LogP contribution in [0.2, 0.25) is 0 Å². The fourth-order valence-electron chi connectivity index (χ4n) is 3.90. The number of carbonyl (C=O) groups excluding carboxylic acids is 1. The van der Waals surface area contributed by atoms with Crippen molar-refractivity contribution in [2.75, 3.05) is 25.7 Å². The highest BCUT2D eigenvalue weighted by Crippen LogP contribution is 2.36. The van der Waals surface area contributed by atoms with E-state index in [1.54, 1.807) is 17.9 Å². The number of nitrogens with zero attached hydrogens (tertiary/aromatic N) is 3. The SMILES string of the molecule is COC(=O)c1cc(C(C)C)nc2c1c(-c1ccc(OC)cc1)nn2[C@@H]1CCS(=O)(=O)C1. The molecule has 164 valence electrons. The highest BCUT2D eigenvalue weighted by atomic mass is 32.2. The van der Waals surface area contributed by atoms with Crippen LogP contribution in [0.5, 0.6) is 5.75 Å². The van der Waals surface area contributed by atoms with E-state index in [9.17, 15) is 13.2 Å². The molecule has 0 radical (unpaired) electrons. The fraction of sp³-hybridized carbons (Fsp3) is 0.409. The van der Waals surface area contributed by atoms with Gasteiger partial charge in [0.2, 0.25) is 0 Å². The summed E-state index contributed by atoms with van der Waals surface area (Å²) in [5.74, 6) is 0.399. The third kappa shape index (κ3) is 3.89. The van der Waals surface area contributed by atoms with Gasteiger partial charge in [-0.1, -0.05) is 13.8 Å². The van der Waals surface area contributed by atoms with Crippen molar-refractivity contribution in [1.29, 1.82) is 0 Å². The number of methoxy groups -OCH3 is 2. The third-order valence-corrected chi connectivity index (χ3v) is 7.35. The molecule has 1 fully saturated rings. The summed E-state index contributed by atoms with van der Waals surface area (Å²) in [7, 11) is -0.203. The molecule has 1 aliphatic rings. The molecule has 2 aromatic heterocycles. The number of hydrogen-bond acceptors (Lipinski definition) is 7. The van der Waals surface area contributed by atoms with Crippen molar-refractivity contribution < 1.29 is 22.7 Å². The molecule has 8 nitrogen and oxygen atoms in total. The summed E-state index contributed by atoms with van der Waals surface area (Å²) >= 11 is 0. The van der Waals surface area contributed by atoms with Crippen molar-refractivity contribution in [3.8, 4) is 17.0 Å². The quantitative estimate of drug-likeness (QED) is 0.557. The minimum atomic E-state index is -3.13. The van der Waals surface area contributed by atoms with Gasteiger partial charge in [0.05, 0.1) is 42.7 Å². The molecule has 0 amide bonds. The van der Waals surface area contributed by atoms with Crippen molar-refractivity contribution in [1.82, 2.24) is 14.8 Å². The normalized spacial score (nSPS) is 17.9. The van der Waals surface area contributed by atoms with E-state index in [1.165, 1.54) is 7.11 Å². The number of pyridine rings is 1.